The van der Waals surface area contributed by atoms with E-state index in [-0.39, 0.29) is 0 Å². The molecule has 1 unspecified atom stereocenters. The van der Waals surface area contributed by atoms with Crippen LogP contribution in [0.25, 0.3) is 0 Å². The van der Waals surface area contributed by atoms with Crippen molar-refractivity contribution in [3.63, 3.8) is 0 Å². The summed E-state index contributed by atoms with van der Waals surface area (Å²) in [6, 6.07) is 3.50. The lowest BCUT2D eigenvalue weighted by molar-refractivity contribution is -0.131. The fourth-order valence-corrected chi connectivity index (χ4v) is 2.98. The smallest absolute Gasteiger partial charge is 0.228 e. The Labute approximate surface area is 105 Å². The molecule has 2 N–H and O–H groups in total. The van der Waals surface area contributed by atoms with Gasteiger partial charge in [0.2, 0.25) is 10.0 Å². The maximum Gasteiger partial charge on any atom is 0.410 e. The predicted octanol–water partition coefficient (Wildman–Crippen LogP) is 2.89. The topological polar surface area (TPSA) is 60.2 Å². The molecule has 1 rings (SSSR count). The number of halogens is 5. The van der Waals surface area contributed by atoms with Gasteiger partial charge in [0.1, 0.15) is 0 Å². The molecule has 0 saturated heterocycles. The maximum atomic E-state index is 12.7. The minimum Gasteiger partial charge on any atom is -0.228 e. The summed E-state index contributed by atoms with van der Waals surface area (Å²) < 4.78 is 60.1. The number of sulfonamides is 1. The first-order chi connectivity index (χ1) is 7.55. The largest absolute Gasteiger partial charge is 0.410 e. The molecule has 96 valence electrons. The van der Waals surface area contributed by atoms with Crippen LogP contribution in [0.5, 0.6) is 0 Å². The minimum atomic E-state index is -5.10. The highest BCUT2D eigenvalue weighted by molar-refractivity contribution is 7.89. The van der Waals surface area contributed by atoms with Crippen LogP contribution in [0.3, 0.4) is 0 Å². The van der Waals surface area contributed by atoms with Crippen molar-refractivity contribution in [2.45, 2.75) is 11.4 Å². The van der Waals surface area contributed by atoms with Gasteiger partial charge in [-0.15, -0.1) is 0 Å². The summed E-state index contributed by atoms with van der Waals surface area (Å²) in [6.45, 7) is 0. The molecule has 0 aliphatic rings. The fourth-order valence-electron chi connectivity index (χ4n) is 1.28. The maximum absolute atomic E-state index is 12.7. The number of rotatable bonds is 2. The van der Waals surface area contributed by atoms with Gasteiger partial charge in [-0.25, -0.2) is 13.6 Å². The minimum absolute atomic E-state index is 0.408. The van der Waals surface area contributed by atoms with Crippen LogP contribution in [0, 0.1) is 0 Å². The fraction of sp³-hybridized carbons (Fsp3) is 0.250. The molecule has 0 fully saturated rings. The van der Waals surface area contributed by atoms with Crippen molar-refractivity contribution in [3.05, 3.63) is 33.8 Å². The zero-order valence-corrected chi connectivity index (χ0v) is 10.3. The van der Waals surface area contributed by atoms with Crippen molar-refractivity contribution < 1.29 is 21.6 Å². The molecular weight excluding hydrogens is 302 g/mol. The van der Waals surface area contributed by atoms with Crippen LogP contribution in [-0.2, 0) is 10.0 Å². The van der Waals surface area contributed by atoms with Crippen LogP contribution < -0.4 is 5.14 Å². The molecular formula is C8H6Cl2F3NO2S. The van der Waals surface area contributed by atoms with Gasteiger partial charge in [-0.05, 0) is 12.1 Å². The molecule has 0 saturated carbocycles. The number of hydrogen-bond donors (Lipinski definition) is 1. The summed E-state index contributed by atoms with van der Waals surface area (Å²) in [7, 11) is -4.91. The van der Waals surface area contributed by atoms with Crippen molar-refractivity contribution in [1.82, 2.24) is 0 Å². The van der Waals surface area contributed by atoms with Crippen molar-refractivity contribution in [3.8, 4) is 0 Å². The molecule has 0 amide bonds. The summed E-state index contributed by atoms with van der Waals surface area (Å²) >= 11 is 11.1. The van der Waals surface area contributed by atoms with Crippen LogP contribution in [0.15, 0.2) is 18.2 Å². The molecule has 0 aliphatic heterocycles. The molecule has 1 aromatic rings. The predicted molar refractivity (Wildman–Crippen MR) is 58.4 cm³/mol. The third kappa shape index (κ3) is 3.25. The number of alkyl halides is 3. The summed E-state index contributed by atoms with van der Waals surface area (Å²) in [5.74, 6) is 0. The molecule has 0 radical (unpaired) electrons. The highest BCUT2D eigenvalue weighted by atomic mass is 35.5. The van der Waals surface area contributed by atoms with E-state index in [1.165, 1.54) is 6.07 Å². The molecule has 3 nitrogen and oxygen atoms in total. The molecule has 1 atom stereocenters. The summed E-state index contributed by atoms with van der Waals surface area (Å²) in [5, 5.41) is 0.820. The Morgan fingerprint density at radius 3 is 1.88 bits per heavy atom. The molecule has 0 heterocycles. The monoisotopic (exact) mass is 307 g/mol. The van der Waals surface area contributed by atoms with Crippen LogP contribution in [0.1, 0.15) is 10.8 Å². The molecule has 17 heavy (non-hydrogen) atoms. The van der Waals surface area contributed by atoms with Gasteiger partial charge < -0.3 is 0 Å². The van der Waals surface area contributed by atoms with Crippen molar-refractivity contribution in [2.75, 3.05) is 0 Å². The van der Waals surface area contributed by atoms with Gasteiger partial charge in [-0.1, -0.05) is 29.3 Å². The van der Waals surface area contributed by atoms with Gasteiger partial charge in [-0.2, -0.15) is 13.2 Å². The first-order valence-corrected chi connectivity index (χ1v) is 6.44. The van der Waals surface area contributed by atoms with E-state index in [1.807, 2.05) is 0 Å². The molecule has 9 heteroatoms. The first-order valence-electron chi connectivity index (χ1n) is 4.07. The van der Waals surface area contributed by atoms with E-state index >= 15 is 0 Å². The van der Waals surface area contributed by atoms with E-state index in [4.69, 9.17) is 23.2 Å². The third-order valence-corrected chi connectivity index (χ3v) is 3.71. The number of hydrogen-bond acceptors (Lipinski definition) is 2. The van der Waals surface area contributed by atoms with Gasteiger partial charge in [0, 0.05) is 15.6 Å². The second-order valence-corrected chi connectivity index (χ2v) is 5.61. The highest BCUT2D eigenvalue weighted by Crippen LogP contribution is 2.43. The van der Waals surface area contributed by atoms with Crippen LogP contribution >= 0.6 is 23.2 Å². The second-order valence-electron chi connectivity index (χ2n) is 3.15. The van der Waals surface area contributed by atoms with Crippen molar-refractivity contribution in [2.24, 2.45) is 5.14 Å². The lowest BCUT2D eigenvalue weighted by atomic mass is 10.1. The highest BCUT2D eigenvalue weighted by Gasteiger charge is 2.50. The van der Waals surface area contributed by atoms with Crippen LogP contribution in [0.2, 0.25) is 10.0 Å². The van der Waals surface area contributed by atoms with Gasteiger partial charge in [0.05, 0.1) is 0 Å². The number of benzene rings is 1. The van der Waals surface area contributed by atoms with Crippen LogP contribution in [-0.4, -0.2) is 14.6 Å². The van der Waals surface area contributed by atoms with Crippen LogP contribution in [0.4, 0.5) is 13.2 Å². The Kier molecular flexibility index (Phi) is 3.97. The van der Waals surface area contributed by atoms with Gasteiger partial charge >= 0.3 is 6.18 Å². The molecule has 0 bridgehead atoms. The first kappa shape index (κ1) is 14.6. The summed E-state index contributed by atoms with van der Waals surface area (Å²) in [4.78, 5) is 0. The Bertz CT molecular complexity index is 510. The molecule has 0 aliphatic carbocycles. The zero-order valence-electron chi connectivity index (χ0n) is 8.00. The van der Waals surface area contributed by atoms with E-state index in [1.54, 1.807) is 0 Å². The number of primary sulfonamides is 1. The quantitative estimate of drug-likeness (QED) is 0.913. The second kappa shape index (κ2) is 4.64. The summed E-state index contributed by atoms with van der Waals surface area (Å²) in [6.07, 6.45) is -5.10. The van der Waals surface area contributed by atoms with Gasteiger partial charge in [0.15, 0.2) is 5.25 Å². The van der Waals surface area contributed by atoms with E-state index in [9.17, 15) is 21.6 Å². The lowest BCUT2D eigenvalue weighted by Crippen LogP contribution is -2.33. The zero-order chi connectivity index (χ0) is 13.4. The Hall–Kier alpha value is -0.500. The molecule has 0 aromatic heterocycles. The van der Waals surface area contributed by atoms with E-state index < -0.39 is 37.1 Å². The molecule has 0 spiro atoms. The number of nitrogens with two attached hydrogens (primary N) is 1. The normalized spacial score (nSPS) is 14.7. The Morgan fingerprint density at radius 2 is 1.59 bits per heavy atom. The Morgan fingerprint density at radius 1 is 1.18 bits per heavy atom. The summed E-state index contributed by atoms with van der Waals surface area (Å²) in [5.41, 5.74) is -0.758. The van der Waals surface area contributed by atoms with Crippen molar-refractivity contribution in [1.29, 1.82) is 0 Å². The van der Waals surface area contributed by atoms with Gasteiger partial charge in [0.25, 0.3) is 0 Å². The van der Waals surface area contributed by atoms with E-state index in [0.717, 1.165) is 12.1 Å². The van der Waals surface area contributed by atoms with Gasteiger partial charge in [-0.3, -0.25) is 0 Å². The Balaban J connectivity index is 3.55. The average Bonchev–Trinajstić information content (AvgIpc) is 2.06. The van der Waals surface area contributed by atoms with E-state index in [2.05, 4.69) is 5.14 Å². The van der Waals surface area contributed by atoms with E-state index in [0.29, 0.717) is 0 Å². The lowest BCUT2D eigenvalue weighted by Gasteiger charge is -2.20. The van der Waals surface area contributed by atoms with Crippen molar-refractivity contribution >= 4 is 33.2 Å². The average molecular weight is 308 g/mol. The molecule has 1 aromatic carbocycles. The SMILES string of the molecule is NS(=O)(=O)C(c1c(Cl)cccc1Cl)C(F)(F)F. The standard InChI is InChI=1S/C8H6Cl2F3NO2S/c9-4-2-1-3-5(10)6(4)7(8(11,12)13)17(14,15)16/h1-3,7H,(H2,14,15,16). The third-order valence-electron chi connectivity index (χ3n) is 1.89.